The second-order valence-electron chi connectivity index (χ2n) is 6.89. The van der Waals surface area contributed by atoms with Crippen LogP contribution in [0.1, 0.15) is 18.1 Å². The predicted molar refractivity (Wildman–Crippen MR) is 110 cm³/mol. The zero-order valence-corrected chi connectivity index (χ0v) is 17.6. The number of sulfonamides is 1. The first kappa shape index (κ1) is 19.9. The van der Waals surface area contributed by atoms with Gasteiger partial charge in [-0.3, -0.25) is 4.79 Å². The Morgan fingerprint density at radius 3 is 2.44 bits per heavy atom. The highest BCUT2D eigenvalue weighted by atomic mass is 32.2. The van der Waals surface area contributed by atoms with Crippen molar-refractivity contribution < 1.29 is 13.2 Å². The molecule has 1 aliphatic heterocycles. The molecule has 2 aromatic carbocycles. The van der Waals surface area contributed by atoms with Gasteiger partial charge in [0, 0.05) is 31.2 Å². The molecule has 0 N–H and O–H groups in total. The zero-order chi connectivity index (χ0) is 19.8. The van der Waals surface area contributed by atoms with E-state index in [1.54, 1.807) is 23.1 Å². The maximum Gasteiger partial charge on any atom is 0.242 e. The third-order valence-corrected chi connectivity index (χ3v) is 7.58. The van der Waals surface area contributed by atoms with E-state index in [0.717, 1.165) is 16.1 Å². The fourth-order valence-corrected chi connectivity index (χ4v) is 4.95. The number of carbonyl (C=O) groups is 1. The minimum Gasteiger partial charge on any atom is -0.311 e. The van der Waals surface area contributed by atoms with Gasteiger partial charge < -0.3 is 4.90 Å². The van der Waals surface area contributed by atoms with E-state index in [4.69, 9.17) is 0 Å². The molecule has 0 aromatic heterocycles. The molecule has 0 unspecified atom stereocenters. The standard InChI is InChI=1S/C20H24N2O3S2/c1-14-5-7-17(8-6-14)26-15(2)20(23)22-12-11-16-13-18(9-10-19(16)22)27(24,25)21(3)4/h5-10,13,15H,11-12H2,1-4H3/t15-/m1/s1. The van der Waals surface area contributed by atoms with Gasteiger partial charge in [-0.15, -0.1) is 11.8 Å². The predicted octanol–water partition coefficient (Wildman–Crippen LogP) is 3.32. The minimum absolute atomic E-state index is 0.0440. The molecular weight excluding hydrogens is 380 g/mol. The van der Waals surface area contributed by atoms with Crippen molar-refractivity contribution in [2.75, 3.05) is 25.5 Å². The van der Waals surface area contributed by atoms with Crippen LogP contribution in [0.15, 0.2) is 52.3 Å². The molecule has 0 aliphatic carbocycles. The third-order valence-electron chi connectivity index (χ3n) is 4.67. The second-order valence-corrected chi connectivity index (χ2v) is 10.5. The molecule has 1 amide bonds. The van der Waals surface area contributed by atoms with Gasteiger partial charge in [-0.1, -0.05) is 17.7 Å². The van der Waals surface area contributed by atoms with Gasteiger partial charge in [0.2, 0.25) is 15.9 Å². The number of thioether (sulfide) groups is 1. The molecule has 3 rings (SSSR count). The Balaban J connectivity index is 1.78. The van der Waals surface area contributed by atoms with Crippen molar-refractivity contribution in [2.24, 2.45) is 0 Å². The average molecular weight is 405 g/mol. The molecular formula is C20H24N2O3S2. The number of aryl methyl sites for hydroxylation is 1. The van der Waals surface area contributed by atoms with Crippen molar-refractivity contribution in [2.45, 2.75) is 35.3 Å². The number of benzene rings is 2. The maximum absolute atomic E-state index is 12.9. The van der Waals surface area contributed by atoms with Gasteiger partial charge in [0.05, 0.1) is 10.1 Å². The average Bonchev–Trinajstić information content (AvgIpc) is 3.06. The molecule has 5 nitrogen and oxygen atoms in total. The van der Waals surface area contributed by atoms with E-state index in [1.165, 1.54) is 35.7 Å². The van der Waals surface area contributed by atoms with Crippen molar-refractivity contribution in [3.63, 3.8) is 0 Å². The quantitative estimate of drug-likeness (QED) is 0.718. The van der Waals surface area contributed by atoms with Gasteiger partial charge in [-0.2, -0.15) is 0 Å². The van der Waals surface area contributed by atoms with E-state index >= 15 is 0 Å². The zero-order valence-electron chi connectivity index (χ0n) is 16.0. The highest BCUT2D eigenvalue weighted by Gasteiger charge is 2.30. The summed E-state index contributed by atoms with van der Waals surface area (Å²) in [5, 5.41) is -0.219. The van der Waals surface area contributed by atoms with Crippen LogP contribution in [0.2, 0.25) is 0 Å². The SMILES string of the molecule is Cc1ccc(S[C@H](C)C(=O)N2CCc3cc(S(=O)(=O)N(C)C)ccc32)cc1. The molecule has 1 atom stereocenters. The fraction of sp³-hybridized carbons (Fsp3) is 0.350. The molecule has 0 saturated carbocycles. The van der Waals surface area contributed by atoms with Crippen LogP contribution in [0.5, 0.6) is 0 Å². The van der Waals surface area contributed by atoms with Gasteiger partial charge in [0.1, 0.15) is 0 Å². The summed E-state index contributed by atoms with van der Waals surface area (Å²) >= 11 is 1.54. The molecule has 0 spiro atoms. The Morgan fingerprint density at radius 1 is 1.15 bits per heavy atom. The molecule has 144 valence electrons. The first-order chi connectivity index (χ1) is 12.7. The smallest absolute Gasteiger partial charge is 0.242 e. The normalized spacial score (nSPS) is 15.1. The van der Waals surface area contributed by atoms with Crippen LogP contribution >= 0.6 is 11.8 Å². The number of anilines is 1. The summed E-state index contributed by atoms with van der Waals surface area (Å²) in [4.78, 5) is 16.0. The van der Waals surface area contributed by atoms with E-state index in [-0.39, 0.29) is 16.1 Å². The summed E-state index contributed by atoms with van der Waals surface area (Å²) in [6.07, 6.45) is 0.666. The van der Waals surface area contributed by atoms with Crippen molar-refractivity contribution in [3.8, 4) is 0 Å². The molecule has 2 aromatic rings. The number of carbonyl (C=O) groups excluding carboxylic acids is 1. The van der Waals surface area contributed by atoms with Crippen molar-refractivity contribution in [3.05, 3.63) is 53.6 Å². The molecule has 0 bridgehead atoms. The number of amides is 1. The molecule has 0 fully saturated rings. The third kappa shape index (κ3) is 4.05. The number of nitrogens with zero attached hydrogens (tertiary/aromatic N) is 2. The number of fused-ring (bicyclic) bond motifs is 1. The minimum atomic E-state index is -3.47. The summed E-state index contributed by atoms with van der Waals surface area (Å²) in [6, 6.07) is 13.2. The van der Waals surface area contributed by atoms with Crippen molar-refractivity contribution in [1.82, 2.24) is 4.31 Å². The van der Waals surface area contributed by atoms with Crippen LogP contribution in [0.25, 0.3) is 0 Å². The van der Waals surface area contributed by atoms with E-state index < -0.39 is 10.0 Å². The summed E-state index contributed by atoms with van der Waals surface area (Å²) in [6.45, 7) is 4.53. The topological polar surface area (TPSA) is 57.7 Å². The van der Waals surface area contributed by atoms with E-state index in [2.05, 4.69) is 0 Å². The van der Waals surface area contributed by atoms with Gasteiger partial charge in [-0.05, 0) is 56.2 Å². The lowest BCUT2D eigenvalue weighted by atomic mass is 10.2. The van der Waals surface area contributed by atoms with Gasteiger partial charge in [0.15, 0.2) is 0 Å². The summed E-state index contributed by atoms with van der Waals surface area (Å²) in [5.74, 6) is 0.0440. The second kappa shape index (κ2) is 7.66. The maximum atomic E-state index is 12.9. The first-order valence-electron chi connectivity index (χ1n) is 8.80. The summed E-state index contributed by atoms with van der Waals surface area (Å²) in [5.41, 5.74) is 2.91. The van der Waals surface area contributed by atoms with Crippen LogP contribution in [0, 0.1) is 6.92 Å². The monoisotopic (exact) mass is 404 g/mol. The Bertz CT molecular complexity index is 954. The largest absolute Gasteiger partial charge is 0.311 e. The van der Waals surface area contributed by atoms with Crippen LogP contribution in [-0.4, -0.2) is 44.5 Å². The van der Waals surface area contributed by atoms with Crippen molar-refractivity contribution >= 4 is 33.4 Å². The molecule has 27 heavy (non-hydrogen) atoms. The fourth-order valence-electron chi connectivity index (χ4n) is 3.07. The van der Waals surface area contributed by atoms with Crippen LogP contribution < -0.4 is 4.90 Å². The molecule has 7 heteroatoms. The number of rotatable bonds is 5. The Kier molecular flexibility index (Phi) is 5.65. The van der Waals surface area contributed by atoms with Crippen LogP contribution in [0.4, 0.5) is 5.69 Å². The van der Waals surface area contributed by atoms with E-state index in [1.807, 2.05) is 38.1 Å². The summed E-state index contributed by atoms with van der Waals surface area (Å²) < 4.78 is 25.9. The lowest BCUT2D eigenvalue weighted by Gasteiger charge is -2.22. The Hall–Kier alpha value is -1.83. The van der Waals surface area contributed by atoms with E-state index in [9.17, 15) is 13.2 Å². The molecule has 1 aliphatic rings. The van der Waals surface area contributed by atoms with Crippen LogP contribution in [0.3, 0.4) is 0 Å². The van der Waals surface area contributed by atoms with E-state index in [0.29, 0.717) is 13.0 Å². The molecule has 1 heterocycles. The Morgan fingerprint density at radius 2 is 1.81 bits per heavy atom. The molecule has 0 radical (unpaired) electrons. The van der Waals surface area contributed by atoms with Gasteiger partial charge in [0.25, 0.3) is 0 Å². The van der Waals surface area contributed by atoms with Crippen LogP contribution in [-0.2, 0) is 21.2 Å². The highest BCUT2D eigenvalue weighted by molar-refractivity contribution is 8.00. The van der Waals surface area contributed by atoms with Gasteiger partial charge in [-0.25, -0.2) is 12.7 Å². The lowest BCUT2D eigenvalue weighted by Crippen LogP contribution is -2.35. The molecule has 0 saturated heterocycles. The first-order valence-corrected chi connectivity index (χ1v) is 11.1. The summed E-state index contributed by atoms with van der Waals surface area (Å²) in [7, 11) is -0.439. The van der Waals surface area contributed by atoms with Gasteiger partial charge >= 0.3 is 0 Å². The lowest BCUT2D eigenvalue weighted by molar-refractivity contribution is -0.117. The Labute approximate surface area is 165 Å². The highest BCUT2D eigenvalue weighted by Crippen LogP contribution is 2.33. The number of hydrogen-bond acceptors (Lipinski definition) is 4. The number of hydrogen-bond donors (Lipinski definition) is 0. The van der Waals surface area contributed by atoms with Crippen molar-refractivity contribution in [1.29, 1.82) is 0 Å².